The molecule has 4 aromatic carbocycles. The molecule has 2 aliphatic rings. The predicted octanol–water partition coefficient (Wildman–Crippen LogP) is 12.2. The lowest BCUT2D eigenvalue weighted by Gasteiger charge is -2.39. The number of fused-ring (bicyclic) bond motifs is 2. The van der Waals surface area contributed by atoms with Gasteiger partial charge in [0.05, 0.1) is 22.3 Å². The minimum Gasteiger partial charge on any atom is -0.497 e. The van der Waals surface area contributed by atoms with Gasteiger partial charge < -0.3 is 18.3 Å². The first-order valence-electron chi connectivity index (χ1n) is 17.7. The number of methoxy groups -OCH3 is 2. The lowest BCUT2D eigenvalue weighted by atomic mass is 9.92. The van der Waals surface area contributed by atoms with Crippen molar-refractivity contribution in [2.75, 3.05) is 14.2 Å². The second-order valence-corrected chi connectivity index (χ2v) is 19.5. The van der Waals surface area contributed by atoms with E-state index in [1.54, 1.807) is 14.2 Å². The molecule has 2 heterocycles. The number of benzene rings is 4. The van der Waals surface area contributed by atoms with Gasteiger partial charge in [0.15, 0.2) is 0 Å². The van der Waals surface area contributed by atoms with E-state index in [2.05, 4.69) is 136 Å². The summed E-state index contributed by atoms with van der Waals surface area (Å²) in [4.78, 5) is 0. The van der Waals surface area contributed by atoms with Gasteiger partial charge in [-0.05, 0) is 144 Å². The summed E-state index contributed by atoms with van der Waals surface area (Å²) < 4.78 is 24.0. The lowest BCUT2D eigenvalue weighted by Crippen LogP contribution is -2.42. The van der Waals surface area contributed by atoms with E-state index in [1.165, 1.54) is 66.8 Å². The fraction of sp³-hybridized carbons (Fsp3) is 0.217. The molecule has 4 nitrogen and oxygen atoms in total. The van der Waals surface area contributed by atoms with E-state index in [0.717, 1.165) is 34.5 Å². The summed E-state index contributed by atoms with van der Waals surface area (Å²) in [5, 5.41) is 0. The highest BCUT2D eigenvalue weighted by molar-refractivity contribution is 6.84. The van der Waals surface area contributed by atoms with Crippen molar-refractivity contribution in [3.8, 4) is 33.8 Å². The van der Waals surface area contributed by atoms with E-state index in [4.69, 9.17) is 18.3 Å². The van der Waals surface area contributed by atoms with E-state index < -0.39 is 8.07 Å². The van der Waals surface area contributed by atoms with Gasteiger partial charge in [-0.2, -0.15) is 0 Å². The average molecular weight is 689 g/mol. The number of aryl methyl sites for hydroxylation is 4. The van der Waals surface area contributed by atoms with Gasteiger partial charge in [0, 0.05) is 22.2 Å². The van der Waals surface area contributed by atoms with Gasteiger partial charge in [-0.15, -0.1) is 0 Å². The molecule has 256 valence electrons. The third kappa shape index (κ3) is 5.42. The van der Waals surface area contributed by atoms with Crippen molar-refractivity contribution in [2.45, 2.75) is 51.9 Å². The van der Waals surface area contributed by atoms with Gasteiger partial charge in [0.25, 0.3) is 0 Å². The van der Waals surface area contributed by atoms with Gasteiger partial charge in [0.2, 0.25) is 0 Å². The van der Waals surface area contributed by atoms with Crippen molar-refractivity contribution in [3.63, 3.8) is 0 Å². The van der Waals surface area contributed by atoms with E-state index >= 15 is 0 Å². The first-order chi connectivity index (χ1) is 24.6. The molecule has 8 rings (SSSR count). The van der Waals surface area contributed by atoms with Crippen LogP contribution >= 0.6 is 0 Å². The summed E-state index contributed by atoms with van der Waals surface area (Å²) in [6.45, 7) is 13.6. The van der Waals surface area contributed by atoms with Crippen LogP contribution in [0.2, 0.25) is 13.1 Å². The van der Waals surface area contributed by atoms with Gasteiger partial charge in [0.1, 0.15) is 34.5 Å². The fourth-order valence-electron chi connectivity index (χ4n) is 8.77. The van der Waals surface area contributed by atoms with Crippen molar-refractivity contribution in [1.82, 2.24) is 0 Å². The van der Waals surface area contributed by atoms with Gasteiger partial charge >= 0.3 is 0 Å². The molecule has 2 atom stereocenters. The summed E-state index contributed by atoms with van der Waals surface area (Å²) in [6.07, 6.45) is 4.85. The number of hydrogen-bond donors (Lipinski definition) is 0. The van der Waals surface area contributed by atoms with Crippen molar-refractivity contribution in [3.05, 3.63) is 153 Å². The molecule has 2 unspecified atom stereocenters. The number of rotatable bonds is 8. The number of ether oxygens (including phenoxy) is 2. The normalized spacial score (nSPS) is 16.5. The zero-order valence-corrected chi connectivity index (χ0v) is 31.7. The Kier molecular flexibility index (Phi) is 8.07. The Morgan fingerprint density at radius 3 is 1.22 bits per heavy atom. The predicted molar refractivity (Wildman–Crippen MR) is 212 cm³/mol. The first-order valence-corrected chi connectivity index (χ1v) is 20.9. The first kappa shape index (κ1) is 32.9. The van der Waals surface area contributed by atoms with Crippen molar-refractivity contribution >= 4 is 31.4 Å². The van der Waals surface area contributed by atoms with Gasteiger partial charge in [-0.1, -0.05) is 61.6 Å². The van der Waals surface area contributed by atoms with Crippen LogP contribution in [0, 0.1) is 27.7 Å². The Morgan fingerprint density at radius 2 is 0.882 bits per heavy atom. The monoisotopic (exact) mass is 688 g/mol. The molecule has 6 aromatic rings. The molecule has 2 aromatic heterocycles. The van der Waals surface area contributed by atoms with E-state index in [1.807, 2.05) is 13.8 Å². The number of furan rings is 2. The van der Waals surface area contributed by atoms with Crippen LogP contribution in [-0.4, -0.2) is 22.3 Å². The summed E-state index contributed by atoms with van der Waals surface area (Å²) in [7, 11) is 1.01. The molecule has 51 heavy (non-hydrogen) atoms. The fourth-order valence-corrected chi connectivity index (χ4v) is 13.3. The molecule has 0 radical (unpaired) electrons. The van der Waals surface area contributed by atoms with Gasteiger partial charge in [-0.25, -0.2) is 0 Å². The largest absolute Gasteiger partial charge is 0.497 e. The van der Waals surface area contributed by atoms with Gasteiger partial charge in [-0.3, -0.25) is 0 Å². The summed E-state index contributed by atoms with van der Waals surface area (Å²) in [5.41, 5.74) is 15.6. The minimum atomic E-state index is -2.42. The second kappa shape index (κ2) is 12.5. The topological polar surface area (TPSA) is 44.7 Å². The Balaban J connectivity index is 1.35. The smallest absolute Gasteiger partial charge is 0.130 e. The number of hydrogen-bond acceptors (Lipinski definition) is 4. The molecule has 0 fully saturated rings. The van der Waals surface area contributed by atoms with Crippen LogP contribution in [0.3, 0.4) is 0 Å². The number of allylic oxidation sites excluding steroid dienone is 2. The maximum atomic E-state index is 6.48. The minimum absolute atomic E-state index is 0.164. The molecule has 0 amide bonds. The third-order valence-corrected chi connectivity index (χ3v) is 15.3. The van der Waals surface area contributed by atoms with Crippen LogP contribution < -0.4 is 9.47 Å². The molecule has 0 aliphatic heterocycles. The SMILES string of the molecule is COc1ccc(-c2c(C)ccc3c2C=C(c2ccc(C)o2)C3[Si](C)(C)C2C(c3ccc(C)o3)=Cc3c2ccc(C)c3-c2ccc(OC)cc2)cc1. The highest BCUT2D eigenvalue weighted by atomic mass is 28.3. The molecule has 2 aliphatic carbocycles. The third-order valence-electron chi connectivity index (χ3n) is 11.1. The second-order valence-electron chi connectivity index (χ2n) is 14.7. The Hall–Kier alpha value is -5.26. The van der Waals surface area contributed by atoms with Crippen molar-refractivity contribution < 1.29 is 18.3 Å². The molecular formula is C46H44O4Si. The zero-order valence-electron chi connectivity index (χ0n) is 30.7. The Morgan fingerprint density at radius 1 is 0.490 bits per heavy atom. The highest BCUT2D eigenvalue weighted by Gasteiger charge is 2.50. The molecule has 0 saturated heterocycles. The Labute approximate surface area is 302 Å². The van der Waals surface area contributed by atoms with Crippen LogP contribution in [0.1, 0.15) is 67.5 Å². The molecule has 0 bridgehead atoms. The van der Waals surface area contributed by atoms with E-state index in [9.17, 15) is 0 Å². The molecular weight excluding hydrogens is 645 g/mol. The molecule has 0 N–H and O–H groups in total. The Bertz CT molecular complexity index is 2180. The summed E-state index contributed by atoms with van der Waals surface area (Å²) >= 11 is 0. The van der Waals surface area contributed by atoms with Crippen LogP contribution in [-0.2, 0) is 0 Å². The van der Waals surface area contributed by atoms with E-state index in [0.29, 0.717) is 0 Å². The standard InChI is InChI=1S/C46H44O4Si/c1-27-9-21-35-37(43(27)31-13-17-33(47-5)18-14-31)25-39(41-23-11-29(3)49-41)45(35)51(7,8)46-36-22-10-28(2)44(32-15-19-34(48-6)20-16-32)38(36)26-40(46)42-24-12-30(4)50-42/h9-26,45-46H,1-8H3. The van der Waals surface area contributed by atoms with Crippen molar-refractivity contribution in [1.29, 1.82) is 0 Å². The van der Waals surface area contributed by atoms with Crippen LogP contribution in [0.15, 0.2) is 106 Å². The van der Waals surface area contributed by atoms with E-state index in [-0.39, 0.29) is 11.1 Å². The van der Waals surface area contributed by atoms with Crippen LogP contribution in [0.25, 0.3) is 45.6 Å². The quantitative estimate of drug-likeness (QED) is 0.149. The molecule has 5 heteroatoms. The highest BCUT2D eigenvalue weighted by Crippen LogP contribution is 2.59. The molecule has 0 saturated carbocycles. The summed E-state index contributed by atoms with van der Waals surface area (Å²) in [6, 6.07) is 34.8. The summed E-state index contributed by atoms with van der Waals surface area (Å²) in [5.74, 6) is 5.46. The maximum absolute atomic E-state index is 6.48. The van der Waals surface area contributed by atoms with Crippen LogP contribution in [0.4, 0.5) is 0 Å². The van der Waals surface area contributed by atoms with Crippen molar-refractivity contribution in [2.24, 2.45) is 0 Å². The zero-order chi connectivity index (χ0) is 35.6. The lowest BCUT2D eigenvalue weighted by molar-refractivity contribution is 0.415. The maximum Gasteiger partial charge on any atom is 0.130 e. The average Bonchev–Trinajstić information content (AvgIpc) is 3.93. The molecule has 0 spiro atoms. The van der Waals surface area contributed by atoms with Crippen LogP contribution in [0.5, 0.6) is 11.5 Å².